The number of ketones is 1. The second-order valence-electron chi connectivity index (χ2n) is 9.92. The Morgan fingerprint density at radius 1 is 1.10 bits per heavy atom. The number of aromatic nitrogens is 2. The number of rotatable bonds is 10. The van der Waals surface area contributed by atoms with E-state index in [0.29, 0.717) is 47.3 Å². The molecule has 0 aliphatic carbocycles. The predicted molar refractivity (Wildman–Crippen MR) is 152 cm³/mol. The Morgan fingerprint density at radius 3 is 2.65 bits per heavy atom. The monoisotopic (exact) mass is 563 g/mol. The summed E-state index contributed by atoms with van der Waals surface area (Å²) in [6.45, 7) is 8.71. The van der Waals surface area contributed by atoms with Gasteiger partial charge in [0, 0.05) is 12.0 Å². The number of aryl methyl sites for hydroxylation is 1. The summed E-state index contributed by atoms with van der Waals surface area (Å²) in [5, 5.41) is 20.7. The zero-order valence-electron chi connectivity index (χ0n) is 23.1. The molecule has 1 aromatic heterocycles. The SMILES string of the molecule is CCCCCOc1ccc([C@H]2C(=C(O)c3ccc4c(c3)C[C@H](C)O4)C(=O)C(=O)N2c2nnc(C)s2)cc1OCC. The molecule has 0 spiro atoms. The number of anilines is 1. The Kier molecular flexibility index (Phi) is 8.07. The highest BCUT2D eigenvalue weighted by atomic mass is 32.1. The Hall–Kier alpha value is -3.92. The quantitative estimate of drug-likeness (QED) is 0.143. The third kappa shape index (κ3) is 5.28. The summed E-state index contributed by atoms with van der Waals surface area (Å²) >= 11 is 1.20. The van der Waals surface area contributed by atoms with Gasteiger partial charge in [0.05, 0.1) is 24.8 Å². The molecule has 1 amide bonds. The normalized spacial score (nSPS) is 19.6. The van der Waals surface area contributed by atoms with E-state index in [1.807, 2.05) is 19.9 Å². The lowest BCUT2D eigenvalue weighted by molar-refractivity contribution is -0.132. The highest BCUT2D eigenvalue weighted by Crippen LogP contribution is 2.45. The molecule has 3 heterocycles. The van der Waals surface area contributed by atoms with E-state index in [9.17, 15) is 14.7 Å². The van der Waals surface area contributed by atoms with E-state index in [2.05, 4.69) is 17.1 Å². The molecule has 1 N–H and O–H groups in total. The van der Waals surface area contributed by atoms with Crippen molar-refractivity contribution < 1.29 is 28.9 Å². The lowest BCUT2D eigenvalue weighted by atomic mass is 9.94. The minimum Gasteiger partial charge on any atom is -0.507 e. The molecule has 210 valence electrons. The minimum atomic E-state index is -0.941. The Labute approximate surface area is 237 Å². The van der Waals surface area contributed by atoms with Crippen molar-refractivity contribution in [3.05, 3.63) is 63.7 Å². The molecule has 0 bridgehead atoms. The number of benzene rings is 2. The van der Waals surface area contributed by atoms with Gasteiger partial charge in [0.25, 0.3) is 5.78 Å². The number of unbranched alkanes of at least 4 members (excludes halogenated alkanes) is 2. The van der Waals surface area contributed by atoms with E-state index in [0.717, 1.165) is 30.6 Å². The van der Waals surface area contributed by atoms with Crippen molar-refractivity contribution in [2.45, 2.75) is 65.5 Å². The standard InChI is InChI=1S/C30H33N3O6S/c1-5-7-8-13-38-23-12-9-19(16-24(23)37-6-2)26-25(28(35)29(36)33(26)30-32-31-18(4)40-30)27(34)20-10-11-22-21(15-20)14-17(3)39-22/h9-12,15-17,26,34H,5-8,13-14H2,1-4H3/t17-,26-/m0/s1. The Bertz CT molecular complexity index is 1470. The zero-order valence-corrected chi connectivity index (χ0v) is 23.9. The zero-order chi connectivity index (χ0) is 28.4. The fourth-order valence-electron chi connectivity index (χ4n) is 5.07. The van der Waals surface area contributed by atoms with Crippen molar-refractivity contribution in [2.24, 2.45) is 0 Å². The van der Waals surface area contributed by atoms with E-state index in [4.69, 9.17) is 14.2 Å². The molecule has 2 atom stereocenters. The van der Waals surface area contributed by atoms with Crippen molar-refractivity contribution in [3.63, 3.8) is 0 Å². The van der Waals surface area contributed by atoms with Gasteiger partial charge in [-0.1, -0.05) is 37.2 Å². The van der Waals surface area contributed by atoms with Gasteiger partial charge in [-0.2, -0.15) is 0 Å². The van der Waals surface area contributed by atoms with Crippen LogP contribution in [0.4, 0.5) is 5.13 Å². The molecule has 1 saturated heterocycles. The number of amides is 1. The molecule has 40 heavy (non-hydrogen) atoms. The smallest absolute Gasteiger partial charge is 0.301 e. The topological polar surface area (TPSA) is 111 Å². The van der Waals surface area contributed by atoms with Gasteiger partial charge in [0.15, 0.2) is 11.5 Å². The van der Waals surface area contributed by atoms with E-state index in [1.54, 1.807) is 37.3 Å². The van der Waals surface area contributed by atoms with Gasteiger partial charge in [0.2, 0.25) is 5.13 Å². The molecule has 0 unspecified atom stereocenters. The number of carbonyl (C=O) groups is 2. The van der Waals surface area contributed by atoms with E-state index < -0.39 is 17.7 Å². The number of nitrogens with zero attached hydrogens (tertiary/aromatic N) is 3. The van der Waals surface area contributed by atoms with E-state index >= 15 is 0 Å². The number of aliphatic hydroxyl groups is 1. The number of ether oxygens (including phenoxy) is 3. The lowest BCUT2D eigenvalue weighted by Crippen LogP contribution is -2.29. The van der Waals surface area contributed by atoms with E-state index in [1.165, 1.54) is 16.2 Å². The first kappa shape index (κ1) is 27.6. The van der Waals surface area contributed by atoms with Crippen LogP contribution in [0.2, 0.25) is 0 Å². The van der Waals surface area contributed by atoms with Gasteiger partial charge in [-0.15, -0.1) is 10.2 Å². The van der Waals surface area contributed by atoms with E-state index in [-0.39, 0.29) is 22.6 Å². The number of hydrogen-bond donors (Lipinski definition) is 1. The number of aliphatic hydroxyl groups excluding tert-OH is 1. The first-order valence-corrected chi connectivity index (χ1v) is 14.4. The number of hydrogen-bond acceptors (Lipinski definition) is 9. The maximum Gasteiger partial charge on any atom is 0.301 e. The molecular weight excluding hydrogens is 530 g/mol. The maximum atomic E-state index is 13.5. The largest absolute Gasteiger partial charge is 0.507 e. The average molecular weight is 564 g/mol. The molecule has 2 aliphatic rings. The predicted octanol–water partition coefficient (Wildman–Crippen LogP) is 5.76. The summed E-state index contributed by atoms with van der Waals surface area (Å²) in [7, 11) is 0. The van der Waals surface area contributed by atoms with Crippen LogP contribution in [0.15, 0.2) is 42.0 Å². The molecule has 5 rings (SSSR count). The molecule has 2 aliphatic heterocycles. The summed E-state index contributed by atoms with van der Waals surface area (Å²) in [6, 6.07) is 9.69. The highest BCUT2D eigenvalue weighted by molar-refractivity contribution is 7.15. The Morgan fingerprint density at radius 2 is 1.93 bits per heavy atom. The summed E-state index contributed by atoms with van der Waals surface area (Å²) < 4.78 is 17.7. The van der Waals surface area contributed by atoms with Crippen LogP contribution in [-0.4, -0.2) is 46.3 Å². The van der Waals surface area contributed by atoms with Gasteiger partial charge < -0.3 is 19.3 Å². The number of carbonyl (C=O) groups excluding carboxylic acids is 2. The van der Waals surface area contributed by atoms with Crippen LogP contribution in [0.1, 0.15) is 67.8 Å². The minimum absolute atomic E-state index is 0.0242. The maximum absolute atomic E-state index is 13.5. The lowest BCUT2D eigenvalue weighted by Gasteiger charge is -2.23. The average Bonchev–Trinajstić information content (AvgIpc) is 3.61. The highest BCUT2D eigenvalue weighted by Gasteiger charge is 2.48. The summed E-state index contributed by atoms with van der Waals surface area (Å²) in [6.07, 6.45) is 3.78. The first-order valence-electron chi connectivity index (χ1n) is 13.6. The fraction of sp³-hybridized carbons (Fsp3) is 0.400. The van der Waals surface area contributed by atoms with Crippen molar-refractivity contribution in [1.29, 1.82) is 0 Å². The van der Waals surface area contributed by atoms with Crippen molar-refractivity contribution in [3.8, 4) is 17.2 Å². The second-order valence-corrected chi connectivity index (χ2v) is 11.1. The third-order valence-electron chi connectivity index (χ3n) is 6.92. The molecule has 1 fully saturated rings. The molecule has 10 heteroatoms. The summed E-state index contributed by atoms with van der Waals surface area (Å²) in [4.78, 5) is 28.3. The van der Waals surface area contributed by atoms with Crippen molar-refractivity contribution in [2.75, 3.05) is 18.1 Å². The molecule has 3 aromatic rings. The van der Waals surface area contributed by atoms with Crippen LogP contribution in [0.3, 0.4) is 0 Å². The number of Topliss-reactive ketones (excluding diaryl/α,β-unsaturated/α-hetero) is 1. The second kappa shape index (κ2) is 11.7. The van der Waals surface area contributed by atoms with Crippen LogP contribution in [0, 0.1) is 6.92 Å². The van der Waals surface area contributed by atoms with Gasteiger partial charge in [-0.3, -0.25) is 14.5 Å². The van der Waals surface area contributed by atoms with Gasteiger partial charge >= 0.3 is 5.91 Å². The number of fused-ring (bicyclic) bond motifs is 1. The van der Waals surface area contributed by atoms with Crippen LogP contribution in [0.25, 0.3) is 5.76 Å². The van der Waals surface area contributed by atoms with Gasteiger partial charge in [-0.25, -0.2) is 0 Å². The van der Waals surface area contributed by atoms with Gasteiger partial charge in [0.1, 0.15) is 22.6 Å². The molecule has 2 aromatic carbocycles. The van der Waals surface area contributed by atoms with Crippen LogP contribution < -0.4 is 19.1 Å². The first-order chi connectivity index (χ1) is 19.3. The fourth-order valence-corrected chi connectivity index (χ4v) is 5.78. The molecule has 9 nitrogen and oxygen atoms in total. The van der Waals surface area contributed by atoms with Crippen LogP contribution in [-0.2, 0) is 16.0 Å². The molecule has 0 saturated carbocycles. The van der Waals surface area contributed by atoms with Crippen molar-refractivity contribution in [1.82, 2.24) is 10.2 Å². The molecular formula is C30H33N3O6S. The molecule has 0 radical (unpaired) electrons. The van der Waals surface area contributed by atoms with Gasteiger partial charge in [-0.05, 0) is 68.7 Å². The Balaban J connectivity index is 1.62. The van der Waals surface area contributed by atoms with Crippen LogP contribution in [0.5, 0.6) is 17.2 Å². The third-order valence-corrected chi connectivity index (χ3v) is 7.76. The van der Waals surface area contributed by atoms with Crippen molar-refractivity contribution >= 4 is 33.9 Å². The summed E-state index contributed by atoms with van der Waals surface area (Å²) in [5.74, 6) is 0.00269. The van der Waals surface area contributed by atoms with Crippen LogP contribution >= 0.6 is 11.3 Å². The summed E-state index contributed by atoms with van der Waals surface area (Å²) in [5.41, 5.74) is 1.93.